The molecule has 0 heterocycles. The molecule has 1 rings (SSSR count). The van der Waals surface area contributed by atoms with Crippen LogP contribution in [0.4, 0.5) is 0 Å². The summed E-state index contributed by atoms with van der Waals surface area (Å²) < 4.78 is 0. The molecule has 82 valence electrons. The van der Waals surface area contributed by atoms with Gasteiger partial charge in [-0.3, -0.25) is 4.79 Å². The van der Waals surface area contributed by atoms with Crippen LogP contribution in [0, 0.1) is 5.92 Å². The number of hydrogen-bond acceptors (Lipinski definition) is 3. The highest BCUT2D eigenvalue weighted by Gasteiger charge is 2.21. The van der Waals surface area contributed by atoms with Crippen LogP contribution in [-0.2, 0) is 4.79 Å². The van der Waals surface area contributed by atoms with E-state index in [0.29, 0.717) is 6.54 Å². The van der Waals surface area contributed by atoms with E-state index in [1.165, 1.54) is 19.3 Å². The molecule has 1 aliphatic carbocycles. The van der Waals surface area contributed by atoms with Crippen molar-refractivity contribution < 1.29 is 4.79 Å². The molecule has 0 aliphatic heterocycles. The SMILES string of the molecule is CNC(CN(C)CC1CCC1)C(N)=O. The molecule has 1 aliphatic rings. The number of hydrogen-bond donors (Lipinski definition) is 2. The number of amides is 1. The van der Waals surface area contributed by atoms with Gasteiger partial charge in [0, 0.05) is 13.1 Å². The Morgan fingerprint density at radius 1 is 1.64 bits per heavy atom. The molecule has 1 atom stereocenters. The van der Waals surface area contributed by atoms with Crippen molar-refractivity contribution in [3.8, 4) is 0 Å². The third kappa shape index (κ3) is 3.27. The van der Waals surface area contributed by atoms with E-state index in [-0.39, 0.29) is 11.9 Å². The number of likely N-dealkylation sites (N-methyl/N-ethyl adjacent to an activating group) is 2. The molecule has 0 aromatic carbocycles. The third-order valence-electron chi connectivity index (χ3n) is 2.98. The lowest BCUT2D eigenvalue weighted by atomic mass is 9.85. The Bertz CT molecular complexity index is 192. The van der Waals surface area contributed by atoms with Gasteiger partial charge in [0.1, 0.15) is 0 Å². The molecule has 0 spiro atoms. The second kappa shape index (κ2) is 5.32. The summed E-state index contributed by atoms with van der Waals surface area (Å²) in [5, 5.41) is 2.93. The zero-order valence-corrected chi connectivity index (χ0v) is 9.12. The molecule has 1 fully saturated rings. The fourth-order valence-electron chi connectivity index (χ4n) is 1.83. The average Bonchev–Trinajstić information content (AvgIpc) is 2.07. The van der Waals surface area contributed by atoms with E-state index in [2.05, 4.69) is 10.2 Å². The number of nitrogens with two attached hydrogens (primary N) is 1. The van der Waals surface area contributed by atoms with E-state index in [1.807, 2.05) is 7.05 Å². The number of carbonyl (C=O) groups excluding carboxylic acids is 1. The molecule has 14 heavy (non-hydrogen) atoms. The van der Waals surface area contributed by atoms with Gasteiger partial charge in [-0.05, 0) is 32.9 Å². The fourth-order valence-corrected chi connectivity index (χ4v) is 1.83. The molecule has 0 bridgehead atoms. The van der Waals surface area contributed by atoms with E-state index in [0.717, 1.165) is 12.5 Å². The number of nitrogens with zero attached hydrogens (tertiary/aromatic N) is 1. The molecule has 0 saturated heterocycles. The maximum Gasteiger partial charge on any atom is 0.235 e. The van der Waals surface area contributed by atoms with Gasteiger partial charge >= 0.3 is 0 Å². The smallest absolute Gasteiger partial charge is 0.235 e. The summed E-state index contributed by atoms with van der Waals surface area (Å²) in [6.07, 6.45) is 4.04. The quantitative estimate of drug-likeness (QED) is 0.622. The van der Waals surface area contributed by atoms with Crippen LogP contribution in [0.3, 0.4) is 0 Å². The van der Waals surface area contributed by atoms with Crippen LogP contribution < -0.4 is 11.1 Å². The van der Waals surface area contributed by atoms with E-state index in [9.17, 15) is 4.79 Å². The zero-order valence-electron chi connectivity index (χ0n) is 9.12. The third-order valence-corrected chi connectivity index (χ3v) is 2.98. The van der Waals surface area contributed by atoms with Crippen molar-refractivity contribution in [2.45, 2.75) is 25.3 Å². The maximum absolute atomic E-state index is 11.0. The topological polar surface area (TPSA) is 58.4 Å². The summed E-state index contributed by atoms with van der Waals surface area (Å²) in [7, 11) is 3.82. The second-order valence-electron chi connectivity index (χ2n) is 4.26. The average molecular weight is 199 g/mol. The van der Waals surface area contributed by atoms with Crippen LogP contribution in [0.5, 0.6) is 0 Å². The Balaban J connectivity index is 2.22. The molecule has 4 heteroatoms. The Hall–Kier alpha value is -0.610. The van der Waals surface area contributed by atoms with Crippen molar-refractivity contribution in [3.05, 3.63) is 0 Å². The Labute approximate surface area is 85.8 Å². The summed E-state index contributed by atoms with van der Waals surface area (Å²) in [5.74, 6) is 0.568. The molecule has 1 amide bonds. The van der Waals surface area contributed by atoms with Crippen molar-refractivity contribution in [1.82, 2.24) is 10.2 Å². The van der Waals surface area contributed by atoms with Gasteiger partial charge in [-0.1, -0.05) is 6.42 Å². The minimum absolute atomic E-state index is 0.222. The Morgan fingerprint density at radius 2 is 2.29 bits per heavy atom. The van der Waals surface area contributed by atoms with Crippen molar-refractivity contribution in [1.29, 1.82) is 0 Å². The minimum Gasteiger partial charge on any atom is -0.368 e. The van der Waals surface area contributed by atoms with Crippen LogP contribution >= 0.6 is 0 Å². The number of carbonyl (C=O) groups is 1. The van der Waals surface area contributed by atoms with E-state index in [4.69, 9.17) is 5.73 Å². The van der Waals surface area contributed by atoms with Gasteiger partial charge in [0.05, 0.1) is 6.04 Å². The predicted octanol–water partition coefficient (Wildman–Crippen LogP) is -0.208. The first-order valence-electron chi connectivity index (χ1n) is 5.28. The summed E-state index contributed by atoms with van der Waals surface area (Å²) >= 11 is 0. The van der Waals surface area contributed by atoms with Gasteiger partial charge in [-0.2, -0.15) is 0 Å². The fraction of sp³-hybridized carbons (Fsp3) is 0.900. The lowest BCUT2D eigenvalue weighted by Crippen LogP contribution is -2.47. The Kier molecular flexibility index (Phi) is 4.35. The van der Waals surface area contributed by atoms with Crippen molar-refractivity contribution in [2.24, 2.45) is 11.7 Å². The Morgan fingerprint density at radius 3 is 2.64 bits per heavy atom. The number of nitrogens with one attached hydrogen (secondary N) is 1. The van der Waals surface area contributed by atoms with E-state index in [1.54, 1.807) is 7.05 Å². The second-order valence-corrected chi connectivity index (χ2v) is 4.26. The highest BCUT2D eigenvalue weighted by Crippen LogP contribution is 2.26. The first kappa shape index (κ1) is 11.5. The monoisotopic (exact) mass is 199 g/mol. The van der Waals surface area contributed by atoms with E-state index >= 15 is 0 Å². The first-order valence-corrected chi connectivity index (χ1v) is 5.28. The molecular weight excluding hydrogens is 178 g/mol. The van der Waals surface area contributed by atoms with Crippen LogP contribution in [-0.4, -0.2) is 44.0 Å². The summed E-state index contributed by atoms with van der Waals surface area (Å²) in [5.41, 5.74) is 5.24. The predicted molar refractivity (Wildman–Crippen MR) is 56.9 cm³/mol. The normalized spacial score (nSPS) is 19.4. The van der Waals surface area contributed by atoms with Gasteiger partial charge in [0.2, 0.25) is 5.91 Å². The van der Waals surface area contributed by atoms with Crippen LogP contribution in [0.1, 0.15) is 19.3 Å². The van der Waals surface area contributed by atoms with Gasteiger partial charge < -0.3 is 16.0 Å². The molecular formula is C10H21N3O. The van der Waals surface area contributed by atoms with Gasteiger partial charge in [0.15, 0.2) is 0 Å². The zero-order chi connectivity index (χ0) is 10.6. The molecule has 3 N–H and O–H groups in total. The van der Waals surface area contributed by atoms with Crippen LogP contribution in [0.2, 0.25) is 0 Å². The summed E-state index contributed by atoms with van der Waals surface area (Å²) in [6.45, 7) is 1.80. The molecule has 0 aromatic rings. The lowest BCUT2D eigenvalue weighted by Gasteiger charge is -2.31. The first-order chi connectivity index (χ1) is 6.63. The van der Waals surface area contributed by atoms with Gasteiger partial charge in [-0.25, -0.2) is 0 Å². The van der Waals surface area contributed by atoms with Gasteiger partial charge in [0.25, 0.3) is 0 Å². The van der Waals surface area contributed by atoms with Crippen LogP contribution in [0.25, 0.3) is 0 Å². The molecule has 0 radical (unpaired) electrons. The molecule has 4 nitrogen and oxygen atoms in total. The number of rotatable bonds is 6. The molecule has 0 aromatic heterocycles. The van der Waals surface area contributed by atoms with Crippen molar-refractivity contribution >= 4 is 5.91 Å². The van der Waals surface area contributed by atoms with Crippen LogP contribution in [0.15, 0.2) is 0 Å². The van der Waals surface area contributed by atoms with Crippen molar-refractivity contribution in [2.75, 3.05) is 27.2 Å². The summed E-state index contributed by atoms with van der Waals surface area (Å²) in [6, 6.07) is -0.222. The van der Waals surface area contributed by atoms with E-state index < -0.39 is 0 Å². The lowest BCUT2D eigenvalue weighted by molar-refractivity contribution is -0.120. The van der Waals surface area contributed by atoms with Crippen molar-refractivity contribution in [3.63, 3.8) is 0 Å². The standard InChI is InChI=1S/C10H21N3O/c1-12-9(10(11)14)7-13(2)6-8-4-3-5-8/h8-9,12H,3-7H2,1-2H3,(H2,11,14). The highest BCUT2D eigenvalue weighted by molar-refractivity contribution is 5.80. The minimum atomic E-state index is -0.270. The maximum atomic E-state index is 11.0. The molecule has 1 unspecified atom stereocenters. The number of primary amides is 1. The summed E-state index contributed by atoms with van der Waals surface area (Å²) in [4.78, 5) is 13.2. The largest absolute Gasteiger partial charge is 0.368 e. The molecule has 1 saturated carbocycles. The van der Waals surface area contributed by atoms with Gasteiger partial charge in [-0.15, -0.1) is 0 Å². The highest BCUT2D eigenvalue weighted by atomic mass is 16.1.